The van der Waals surface area contributed by atoms with Gasteiger partial charge in [0, 0.05) is 37.8 Å². The van der Waals surface area contributed by atoms with Crippen LogP contribution in [0.15, 0.2) is 24.5 Å². The number of nitrogens with zero attached hydrogens (tertiary/aromatic N) is 5. The maximum atomic E-state index is 12.2. The van der Waals surface area contributed by atoms with Crippen LogP contribution in [0.3, 0.4) is 0 Å². The van der Waals surface area contributed by atoms with Crippen LogP contribution in [0.5, 0.6) is 0 Å². The van der Waals surface area contributed by atoms with E-state index in [1.165, 1.54) is 0 Å². The highest BCUT2D eigenvalue weighted by molar-refractivity contribution is 5.92. The van der Waals surface area contributed by atoms with Crippen LogP contribution in [0.2, 0.25) is 0 Å². The summed E-state index contributed by atoms with van der Waals surface area (Å²) in [6.07, 6.45) is 6.17. The van der Waals surface area contributed by atoms with Crippen molar-refractivity contribution in [1.82, 2.24) is 35.7 Å². The molecular weight excluding hydrogens is 386 g/mol. The highest BCUT2D eigenvalue weighted by atomic mass is 16.5. The van der Waals surface area contributed by atoms with Crippen molar-refractivity contribution in [2.24, 2.45) is 0 Å². The molecule has 0 saturated carbocycles. The van der Waals surface area contributed by atoms with E-state index in [-0.39, 0.29) is 11.8 Å². The van der Waals surface area contributed by atoms with E-state index in [4.69, 9.17) is 5.21 Å². The summed E-state index contributed by atoms with van der Waals surface area (Å²) in [5, 5.41) is 19.6. The van der Waals surface area contributed by atoms with Gasteiger partial charge in [-0.1, -0.05) is 25.5 Å². The zero-order valence-corrected chi connectivity index (χ0v) is 17.7. The van der Waals surface area contributed by atoms with Crippen molar-refractivity contribution in [3.8, 4) is 11.3 Å². The fraction of sp³-hybridized carbons (Fsp3) is 0.550. The Labute approximate surface area is 176 Å². The predicted molar refractivity (Wildman–Crippen MR) is 112 cm³/mol. The van der Waals surface area contributed by atoms with Gasteiger partial charge in [-0.25, -0.2) is 5.48 Å². The first-order valence-corrected chi connectivity index (χ1v) is 10.4. The first-order chi connectivity index (χ1) is 14.6. The molecule has 0 fully saturated rings. The Hall–Kier alpha value is -2.85. The Morgan fingerprint density at radius 2 is 1.97 bits per heavy atom. The molecule has 0 spiro atoms. The van der Waals surface area contributed by atoms with Crippen LogP contribution in [0, 0.1) is 0 Å². The Morgan fingerprint density at radius 1 is 1.17 bits per heavy atom. The number of likely N-dealkylation sites (N-methyl/N-ethyl adjacent to an activating group) is 1. The largest absolute Gasteiger partial charge is 0.349 e. The van der Waals surface area contributed by atoms with E-state index < -0.39 is 0 Å². The van der Waals surface area contributed by atoms with E-state index in [9.17, 15) is 9.59 Å². The van der Waals surface area contributed by atoms with Gasteiger partial charge < -0.3 is 10.2 Å². The van der Waals surface area contributed by atoms with Gasteiger partial charge in [0.1, 0.15) is 11.4 Å². The lowest BCUT2D eigenvalue weighted by Crippen LogP contribution is -2.35. The summed E-state index contributed by atoms with van der Waals surface area (Å²) in [5.41, 5.74) is 3.48. The summed E-state index contributed by atoms with van der Waals surface area (Å²) in [6.45, 7) is 8.20. The van der Waals surface area contributed by atoms with Gasteiger partial charge in [0.15, 0.2) is 0 Å². The van der Waals surface area contributed by atoms with Crippen molar-refractivity contribution in [3.63, 3.8) is 0 Å². The van der Waals surface area contributed by atoms with Gasteiger partial charge in [0.25, 0.3) is 5.91 Å². The summed E-state index contributed by atoms with van der Waals surface area (Å²) in [6, 6.07) is 3.50. The number of aryl methyl sites for hydroxylation is 1. The van der Waals surface area contributed by atoms with Crippen molar-refractivity contribution in [1.29, 1.82) is 0 Å². The molecule has 0 atom stereocenters. The number of aromatic nitrogens is 4. The van der Waals surface area contributed by atoms with Crippen LogP contribution in [0.25, 0.3) is 11.3 Å². The molecule has 2 amide bonds. The first-order valence-electron chi connectivity index (χ1n) is 10.4. The molecule has 2 heterocycles. The number of nitrogens with one attached hydrogen (secondary N) is 2. The van der Waals surface area contributed by atoms with E-state index in [1.54, 1.807) is 22.4 Å². The van der Waals surface area contributed by atoms with Crippen LogP contribution < -0.4 is 10.8 Å². The van der Waals surface area contributed by atoms with E-state index in [1.807, 2.05) is 12.3 Å². The molecule has 0 aliphatic heterocycles. The SMILES string of the molecule is CCN(CC)CCNC(=O)c1ccc(-c2cn(CCCCCC(=O)NO)nn2)cn1. The summed E-state index contributed by atoms with van der Waals surface area (Å²) in [4.78, 5) is 29.7. The third-order valence-electron chi connectivity index (χ3n) is 4.85. The molecule has 0 aromatic carbocycles. The van der Waals surface area contributed by atoms with Crippen LogP contribution in [-0.4, -0.2) is 68.1 Å². The van der Waals surface area contributed by atoms with Crippen molar-refractivity contribution in [2.45, 2.75) is 46.1 Å². The van der Waals surface area contributed by atoms with Crippen molar-refractivity contribution < 1.29 is 14.8 Å². The third kappa shape index (κ3) is 7.53. The van der Waals surface area contributed by atoms with Gasteiger partial charge in [-0.3, -0.25) is 24.5 Å². The molecule has 3 N–H and O–H groups in total. The summed E-state index contributed by atoms with van der Waals surface area (Å²) in [7, 11) is 0. The van der Waals surface area contributed by atoms with Crippen LogP contribution in [-0.2, 0) is 11.3 Å². The molecular formula is C20H31N7O3. The van der Waals surface area contributed by atoms with Crippen molar-refractivity contribution in [3.05, 3.63) is 30.2 Å². The summed E-state index contributed by atoms with van der Waals surface area (Å²) >= 11 is 0. The Kier molecular flexibility index (Phi) is 9.88. The minimum absolute atomic E-state index is 0.188. The Balaban J connectivity index is 1.79. The molecule has 0 aliphatic carbocycles. The average Bonchev–Trinajstić information content (AvgIpc) is 3.25. The molecule has 2 aromatic heterocycles. The Bertz CT molecular complexity index is 788. The van der Waals surface area contributed by atoms with Gasteiger partial charge >= 0.3 is 0 Å². The number of pyridine rings is 1. The maximum absolute atomic E-state index is 12.2. The van der Waals surface area contributed by atoms with E-state index in [2.05, 4.69) is 39.4 Å². The summed E-state index contributed by atoms with van der Waals surface area (Å²) < 4.78 is 1.75. The van der Waals surface area contributed by atoms with E-state index in [0.29, 0.717) is 37.3 Å². The van der Waals surface area contributed by atoms with Crippen molar-refractivity contribution >= 4 is 11.8 Å². The highest BCUT2D eigenvalue weighted by Crippen LogP contribution is 2.15. The summed E-state index contributed by atoms with van der Waals surface area (Å²) in [5.74, 6) is -0.557. The standard InChI is InChI=1S/C20H31N7O3/c1-3-26(4-2)13-11-21-20(29)17-10-9-16(14-22-17)18-15-27(25-23-18)12-7-5-6-8-19(28)24-30/h9-10,14-15,30H,3-8,11-13H2,1-2H3,(H,21,29)(H,24,28). The minimum Gasteiger partial charge on any atom is -0.349 e. The topological polar surface area (TPSA) is 125 Å². The first kappa shape index (κ1) is 23.4. The molecule has 2 aromatic rings. The van der Waals surface area contributed by atoms with Crippen molar-refractivity contribution in [2.75, 3.05) is 26.2 Å². The highest BCUT2D eigenvalue weighted by Gasteiger charge is 2.10. The monoisotopic (exact) mass is 417 g/mol. The molecule has 10 nitrogen and oxygen atoms in total. The molecule has 0 unspecified atom stereocenters. The zero-order valence-electron chi connectivity index (χ0n) is 17.7. The lowest BCUT2D eigenvalue weighted by molar-refractivity contribution is -0.129. The number of rotatable bonds is 13. The third-order valence-corrected chi connectivity index (χ3v) is 4.85. The number of unbranched alkanes of at least 4 members (excludes halogenated alkanes) is 2. The molecule has 2 rings (SSSR count). The zero-order chi connectivity index (χ0) is 21.8. The number of hydrogen-bond acceptors (Lipinski definition) is 7. The molecule has 30 heavy (non-hydrogen) atoms. The van der Waals surface area contributed by atoms with Gasteiger partial charge in [-0.2, -0.15) is 0 Å². The smallest absolute Gasteiger partial charge is 0.269 e. The minimum atomic E-state index is -0.369. The predicted octanol–water partition coefficient (Wildman–Crippen LogP) is 1.48. The number of hydroxylamine groups is 1. The second-order valence-electron chi connectivity index (χ2n) is 6.93. The van der Waals surface area contributed by atoms with E-state index >= 15 is 0 Å². The van der Waals surface area contributed by atoms with Crippen LogP contribution >= 0.6 is 0 Å². The van der Waals surface area contributed by atoms with Crippen LogP contribution in [0.4, 0.5) is 0 Å². The molecule has 10 heteroatoms. The van der Waals surface area contributed by atoms with Crippen LogP contribution in [0.1, 0.15) is 50.0 Å². The second-order valence-corrected chi connectivity index (χ2v) is 6.93. The van der Waals surface area contributed by atoms with Gasteiger partial charge in [0.2, 0.25) is 5.91 Å². The molecule has 0 radical (unpaired) electrons. The number of carbonyl (C=O) groups is 2. The number of amides is 2. The second kappa shape index (κ2) is 12.7. The average molecular weight is 418 g/mol. The molecule has 0 bridgehead atoms. The quantitative estimate of drug-likeness (QED) is 0.256. The van der Waals surface area contributed by atoms with Gasteiger partial charge in [-0.15, -0.1) is 5.10 Å². The molecule has 0 aliphatic rings. The lowest BCUT2D eigenvalue weighted by Gasteiger charge is -2.17. The fourth-order valence-electron chi connectivity index (χ4n) is 2.97. The van der Waals surface area contributed by atoms with E-state index in [0.717, 1.165) is 38.0 Å². The fourth-order valence-corrected chi connectivity index (χ4v) is 2.97. The molecule has 164 valence electrons. The number of hydrogen-bond donors (Lipinski definition) is 3. The lowest BCUT2D eigenvalue weighted by atomic mass is 10.2. The molecule has 0 saturated heterocycles. The number of carbonyl (C=O) groups excluding carboxylic acids is 2. The Morgan fingerprint density at radius 3 is 2.63 bits per heavy atom. The normalized spacial score (nSPS) is 10.9. The van der Waals surface area contributed by atoms with Gasteiger partial charge in [-0.05, 0) is 38.1 Å². The van der Waals surface area contributed by atoms with Gasteiger partial charge in [0.05, 0.1) is 6.20 Å². The maximum Gasteiger partial charge on any atom is 0.269 e.